The Bertz CT molecular complexity index is 797. The van der Waals surface area contributed by atoms with E-state index < -0.39 is 6.04 Å². The van der Waals surface area contributed by atoms with Crippen LogP contribution in [0.3, 0.4) is 0 Å². The number of aryl methyl sites for hydroxylation is 3. The molecule has 1 atom stereocenters. The average molecular weight is 368 g/mol. The molecule has 0 aliphatic heterocycles. The lowest BCUT2D eigenvalue weighted by Crippen LogP contribution is -2.48. The second kappa shape index (κ2) is 9.21. The van der Waals surface area contributed by atoms with E-state index >= 15 is 0 Å². The summed E-state index contributed by atoms with van der Waals surface area (Å²) < 4.78 is 5.72. The minimum absolute atomic E-state index is 0.115. The number of rotatable bonds is 7. The van der Waals surface area contributed by atoms with Gasteiger partial charge in [-0.3, -0.25) is 9.59 Å². The van der Waals surface area contributed by atoms with Crippen LogP contribution in [0.5, 0.6) is 5.75 Å². The quantitative estimate of drug-likeness (QED) is 0.817. The summed E-state index contributed by atoms with van der Waals surface area (Å²) in [5.41, 5.74) is 4.24. The maximum Gasteiger partial charge on any atom is 0.261 e. The van der Waals surface area contributed by atoms with Gasteiger partial charge in [-0.1, -0.05) is 30.3 Å². The van der Waals surface area contributed by atoms with Gasteiger partial charge in [0.2, 0.25) is 5.91 Å². The van der Waals surface area contributed by atoms with Gasteiger partial charge in [0.05, 0.1) is 0 Å². The molecule has 1 N–H and O–H groups in total. The number of hydrogen-bond acceptors (Lipinski definition) is 3. The van der Waals surface area contributed by atoms with E-state index in [1.54, 1.807) is 18.9 Å². The topological polar surface area (TPSA) is 58.6 Å². The van der Waals surface area contributed by atoms with Crippen LogP contribution in [-0.2, 0) is 16.1 Å². The van der Waals surface area contributed by atoms with E-state index in [9.17, 15) is 9.59 Å². The van der Waals surface area contributed by atoms with E-state index in [2.05, 4.69) is 5.32 Å². The zero-order valence-electron chi connectivity index (χ0n) is 16.7. The first-order valence-corrected chi connectivity index (χ1v) is 9.08. The highest BCUT2D eigenvalue weighted by molar-refractivity contribution is 5.87. The van der Waals surface area contributed by atoms with Gasteiger partial charge < -0.3 is 15.0 Å². The molecule has 2 aromatic carbocycles. The summed E-state index contributed by atoms with van der Waals surface area (Å²) in [4.78, 5) is 26.6. The lowest BCUT2D eigenvalue weighted by molar-refractivity contribution is -0.142. The fraction of sp³-hybridized carbons (Fsp3) is 0.364. The zero-order chi connectivity index (χ0) is 20.0. The molecule has 0 aliphatic rings. The van der Waals surface area contributed by atoms with Gasteiger partial charge >= 0.3 is 0 Å². The van der Waals surface area contributed by atoms with Crippen LogP contribution in [0, 0.1) is 20.8 Å². The maximum atomic E-state index is 12.9. The first kappa shape index (κ1) is 20.5. The Hall–Kier alpha value is -2.82. The number of amides is 2. The lowest BCUT2D eigenvalue weighted by atomic mass is 10.1. The molecule has 0 spiro atoms. The van der Waals surface area contributed by atoms with Crippen molar-refractivity contribution >= 4 is 11.8 Å². The fourth-order valence-electron chi connectivity index (χ4n) is 3.01. The number of carbonyl (C=O) groups excluding carboxylic acids is 2. The number of likely N-dealkylation sites (N-methyl/N-ethyl adjacent to an activating group) is 1. The van der Waals surface area contributed by atoms with Crippen molar-refractivity contribution in [3.63, 3.8) is 0 Å². The molecule has 27 heavy (non-hydrogen) atoms. The van der Waals surface area contributed by atoms with Crippen LogP contribution >= 0.6 is 0 Å². The van der Waals surface area contributed by atoms with Crippen LogP contribution in [0.15, 0.2) is 42.5 Å². The van der Waals surface area contributed by atoms with Crippen LogP contribution < -0.4 is 10.1 Å². The molecule has 2 rings (SSSR count). The van der Waals surface area contributed by atoms with E-state index in [0.29, 0.717) is 12.3 Å². The van der Waals surface area contributed by atoms with E-state index in [-0.39, 0.29) is 18.4 Å². The van der Waals surface area contributed by atoms with Gasteiger partial charge in [-0.2, -0.15) is 0 Å². The highest BCUT2D eigenvalue weighted by atomic mass is 16.5. The predicted octanol–water partition coefficient (Wildman–Crippen LogP) is 3.15. The Morgan fingerprint density at radius 3 is 2.30 bits per heavy atom. The van der Waals surface area contributed by atoms with Gasteiger partial charge in [0.15, 0.2) is 6.61 Å². The van der Waals surface area contributed by atoms with Crippen LogP contribution in [0.4, 0.5) is 0 Å². The monoisotopic (exact) mass is 368 g/mol. The van der Waals surface area contributed by atoms with Gasteiger partial charge in [0.25, 0.3) is 5.91 Å². The van der Waals surface area contributed by atoms with Crippen molar-refractivity contribution in [2.24, 2.45) is 0 Å². The minimum atomic E-state index is -0.593. The van der Waals surface area contributed by atoms with Crippen molar-refractivity contribution in [1.29, 1.82) is 0 Å². The van der Waals surface area contributed by atoms with E-state index in [1.165, 1.54) is 0 Å². The van der Waals surface area contributed by atoms with Crippen LogP contribution in [0.2, 0.25) is 0 Å². The number of benzene rings is 2. The van der Waals surface area contributed by atoms with Gasteiger partial charge in [-0.25, -0.2) is 0 Å². The summed E-state index contributed by atoms with van der Waals surface area (Å²) in [5, 5.41) is 2.62. The summed E-state index contributed by atoms with van der Waals surface area (Å²) in [7, 11) is 1.57. The van der Waals surface area contributed by atoms with Crippen LogP contribution in [-0.4, -0.2) is 36.4 Å². The molecule has 5 heteroatoms. The predicted molar refractivity (Wildman–Crippen MR) is 107 cm³/mol. The summed E-state index contributed by atoms with van der Waals surface area (Å²) >= 11 is 0. The fourth-order valence-corrected chi connectivity index (χ4v) is 3.01. The maximum absolute atomic E-state index is 12.9. The second-order valence-corrected chi connectivity index (χ2v) is 6.85. The molecule has 0 saturated carbocycles. The SMILES string of the molecule is CNC(=O)[C@@H](C)N(Cc1ccccc1C)C(=O)COc1cc(C)cc(C)c1. The van der Waals surface area contributed by atoms with E-state index in [0.717, 1.165) is 22.3 Å². The van der Waals surface area contributed by atoms with E-state index in [1.807, 2.05) is 63.2 Å². The lowest BCUT2D eigenvalue weighted by Gasteiger charge is -2.29. The van der Waals surface area contributed by atoms with Crippen molar-refractivity contribution in [3.05, 3.63) is 64.7 Å². The Balaban J connectivity index is 2.17. The van der Waals surface area contributed by atoms with E-state index in [4.69, 9.17) is 4.74 Å². The molecule has 0 aliphatic carbocycles. The molecular weight excluding hydrogens is 340 g/mol. The molecule has 5 nitrogen and oxygen atoms in total. The average Bonchev–Trinajstić information content (AvgIpc) is 2.63. The van der Waals surface area contributed by atoms with Gasteiger partial charge in [0, 0.05) is 13.6 Å². The largest absolute Gasteiger partial charge is 0.484 e. The van der Waals surface area contributed by atoms with Crippen molar-refractivity contribution in [3.8, 4) is 5.75 Å². The molecule has 0 bridgehead atoms. The van der Waals surface area contributed by atoms with Crippen molar-refractivity contribution in [1.82, 2.24) is 10.2 Å². The third-order valence-electron chi connectivity index (χ3n) is 4.57. The molecule has 0 saturated heterocycles. The number of ether oxygens (including phenoxy) is 1. The van der Waals surface area contributed by atoms with Crippen molar-refractivity contribution < 1.29 is 14.3 Å². The molecule has 144 valence electrons. The standard InChI is InChI=1S/C22H28N2O3/c1-15-10-16(2)12-20(11-15)27-14-21(25)24(18(4)22(26)23-5)13-19-9-7-6-8-17(19)3/h6-12,18H,13-14H2,1-5H3,(H,23,26)/t18-/m1/s1. The smallest absolute Gasteiger partial charge is 0.261 e. The molecular formula is C22H28N2O3. The normalized spacial score (nSPS) is 11.6. The van der Waals surface area contributed by atoms with Crippen molar-refractivity contribution in [2.75, 3.05) is 13.7 Å². The summed E-state index contributed by atoms with van der Waals surface area (Å²) in [6.07, 6.45) is 0. The van der Waals surface area contributed by atoms with Crippen LogP contribution in [0.25, 0.3) is 0 Å². The molecule has 0 fully saturated rings. The second-order valence-electron chi connectivity index (χ2n) is 6.85. The Morgan fingerprint density at radius 1 is 1.07 bits per heavy atom. The Labute approximate surface area is 161 Å². The number of nitrogens with one attached hydrogen (secondary N) is 1. The number of carbonyl (C=O) groups is 2. The highest BCUT2D eigenvalue weighted by Gasteiger charge is 2.26. The minimum Gasteiger partial charge on any atom is -0.484 e. The molecule has 2 amide bonds. The number of nitrogens with zero attached hydrogens (tertiary/aromatic N) is 1. The molecule has 0 heterocycles. The zero-order valence-corrected chi connectivity index (χ0v) is 16.7. The summed E-state index contributed by atoms with van der Waals surface area (Å²) in [6, 6.07) is 13.1. The Kier molecular flexibility index (Phi) is 6.99. The molecule has 2 aromatic rings. The third-order valence-corrected chi connectivity index (χ3v) is 4.57. The first-order valence-electron chi connectivity index (χ1n) is 9.08. The molecule has 0 radical (unpaired) electrons. The molecule has 0 unspecified atom stereocenters. The van der Waals surface area contributed by atoms with Crippen LogP contribution in [0.1, 0.15) is 29.2 Å². The van der Waals surface area contributed by atoms with Gasteiger partial charge in [-0.05, 0) is 62.1 Å². The Morgan fingerprint density at radius 2 is 1.70 bits per heavy atom. The molecule has 0 aromatic heterocycles. The van der Waals surface area contributed by atoms with Crippen molar-refractivity contribution in [2.45, 2.75) is 40.3 Å². The third kappa shape index (κ3) is 5.58. The highest BCUT2D eigenvalue weighted by Crippen LogP contribution is 2.17. The van der Waals surface area contributed by atoms with Gasteiger partial charge in [0.1, 0.15) is 11.8 Å². The number of hydrogen-bond donors (Lipinski definition) is 1. The summed E-state index contributed by atoms with van der Waals surface area (Å²) in [5.74, 6) is 0.223. The first-order chi connectivity index (χ1) is 12.8. The van der Waals surface area contributed by atoms with Gasteiger partial charge in [-0.15, -0.1) is 0 Å². The summed E-state index contributed by atoms with van der Waals surface area (Å²) in [6.45, 7) is 7.94.